The second-order valence-corrected chi connectivity index (χ2v) is 9.95. The third-order valence-electron chi connectivity index (χ3n) is 5.96. The van der Waals surface area contributed by atoms with Crippen LogP contribution in [0.1, 0.15) is 23.8 Å². The lowest BCUT2D eigenvalue weighted by molar-refractivity contribution is -0.132. The van der Waals surface area contributed by atoms with Crippen molar-refractivity contribution in [2.24, 2.45) is 5.92 Å². The maximum absolute atomic E-state index is 12.6. The zero-order valence-electron chi connectivity index (χ0n) is 16.6. The minimum atomic E-state index is 0.109. The predicted molar refractivity (Wildman–Crippen MR) is 114 cm³/mol. The third kappa shape index (κ3) is 2.83. The van der Waals surface area contributed by atoms with Gasteiger partial charge in [-0.3, -0.25) is 4.79 Å². The first-order valence-electron chi connectivity index (χ1n) is 10.2. The van der Waals surface area contributed by atoms with E-state index in [-0.39, 0.29) is 5.91 Å². The number of morpholine rings is 1. The topological polar surface area (TPSA) is 89.9 Å². The second kappa shape index (κ2) is 7.17. The van der Waals surface area contributed by atoms with E-state index in [4.69, 9.17) is 4.74 Å². The molecule has 1 unspecified atom stereocenters. The fourth-order valence-corrected chi connectivity index (χ4v) is 6.78. The molecule has 1 atom stereocenters. The van der Waals surface area contributed by atoms with E-state index in [2.05, 4.69) is 31.6 Å². The number of aromatic nitrogens is 6. The fraction of sp³-hybridized carbons (Fsp3) is 0.526. The first-order valence-corrected chi connectivity index (χ1v) is 12.0. The molecule has 5 heterocycles. The van der Waals surface area contributed by atoms with Crippen molar-refractivity contribution in [2.75, 3.05) is 32.1 Å². The van der Waals surface area contributed by atoms with Crippen LogP contribution in [0.25, 0.3) is 21.6 Å². The maximum atomic E-state index is 12.6. The number of carbonyl (C=O) groups excluding carboxylic acids is 1. The lowest BCUT2D eigenvalue weighted by Crippen LogP contribution is -2.41. The first kappa shape index (κ1) is 18.5. The van der Waals surface area contributed by atoms with Crippen molar-refractivity contribution in [2.45, 2.75) is 31.3 Å². The van der Waals surface area contributed by atoms with Crippen molar-refractivity contribution >= 4 is 50.6 Å². The summed E-state index contributed by atoms with van der Waals surface area (Å²) in [5.41, 5.74) is 2.24. The summed E-state index contributed by atoms with van der Waals surface area (Å²) in [4.78, 5) is 21.6. The average molecular weight is 444 g/mol. The van der Waals surface area contributed by atoms with Crippen LogP contribution in [0.4, 0.5) is 0 Å². The Morgan fingerprint density at radius 1 is 1.33 bits per heavy atom. The Kier molecular flexibility index (Phi) is 4.43. The number of fused-ring (bicyclic) bond motifs is 8. The molecule has 0 spiro atoms. The minimum Gasteiger partial charge on any atom is -0.378 e. The summed E-state index contributed by atoms with van der Waals surface area (Å²) >= 11 is 3.24. The summed E-state index contributed by atoms with van der Waals surface area (Å²) < 4.78 is 9.17. The number of aryl methyl sites for hydroxylation is 1. The number of thioether (sulfide) groups is 1. The van der Waals surface area contributed by atoms with Gasteiger partial charge in [0.05, 0.1) is 24.4 Å². The van der Waals surface area contributed by atoms with Crippen molar-refractivity contribution in [1.82, 2.24) is 34.1 Å². The van der Waals surface area contributed by atoms with E-state index in [1.165, 1.54) is 28.6 Å². The number of hydrogen-bond donors (Lipinski definition) is 0. The van der Waals surface area contributed by atoms with Gasteiger partial charge < -0.3 is 9.64 Å². The Morgan fingerprint density at radius 2 is 2.20 bits per heavy atom. The molecule has 1 aliphatic heterocycles. The number of amides is 1. The highest BCUT2D eigenvalue weighted by Crippen LogP contribution is 2.40. The maximum Gasteiger partial charge on any atom is 0.260 e. The van der Waals surface area contributed by atoms with Gasteiger partial charge in [0.15, 0.2) is 10.8 Å². The molecule has 0 aromatic carbocycles. The highest BCUT2D eigenvalue weighted by atomic mass is 32.2. The molecular formula is C19H21N7O2S2. The van der Waals surface area contributed by atoms with E-state index in [1.807, 2.05) is 16.2 Å². The molecule has 1 fully saturated rings. The number of carbonyl (C=O) groups is 1. The quantitative estimate of drug-likeness (QED) is 0.448. The molecule has 0 N–H and O–H groups in total. The van der Waals surface area contributed by atoms with Gasteiger partial charge in [0.2, 0.25) is 5.91 Å². The molecular weight excluding hydrogens is 422 g/mol. The molecule has 30 heavy (non-hydrogen) atoms. The molecule has 1 aliphatic carbocycles. The van der Waals surface area contributed by atoms with Crippen molar-refractivity contribution in [3.8, 4) is 0 Å². The SMILES string of the molecule is CC1CCc2c(sc3c2c2ncnn2c2nnc(SCC(=O)N4CCOCC4)n32)C1. The van der Waals surface area contributed by atoms with E-state index in [0.29, 0.717) is 43.8 Å². The average Bonchev–Trinajstić information content (AvgIpc) is 3.47. The van der Waals surface area contributed by atoms with Crippen LogP contribution in [-0.4, -0.2) is 72.1 Å². The Balaban J connectivity index is 1.45. The summed E-state index contributed by atoms with van der Waals surface area (Å²) in [7, 11) is 0. The van der Waals surface area contributed by atoms with E-state index in [1.54, 1.807) is 10.8 Å². The van der Waals surface area contributed by atoms with Gasteiger partial charge in [0.25, 0.3) is 5.78 Å². The molecule has 0 saturated carbocycles. The van der Waals surface area contributed by atoms with Gasteiger partial charge in [0, 0.05) is 18.0 Å². The summed E-state index contributed by atoms with van der Waals surface area (Å²) in [6.07, 6.45) is 4.92. The van der Waals surface area contributed by atoms with Crippen LogP contribution in [0.3, 0.4) is 0 Å². The molecule has 156 valence electrons. The summed E-state index contributed by atoms with van der Waals surface area (Å²) in [6, 6.07) is 0. The molecule has 9 nitrogen and oxygen atoms in total. The zero-order valence-corrected chi connectivity index (χ0v) is 18.2. The summed E-state index contributed by atoms with van der Waals surface area (Å²) in [5, 5.41) is 15.1. The Labute approximate surface area is 180 Å². The lowest BCUT2D eigenvalue weighted by Gasteiger charge is -2.26. The highest BCUT2D eigenvalue weighted by Gasteiger charge is 2.27. The predicted octanol–water partition coefficient (Wildman–Crippen LogP) is 2.06. The second-order valence-electron chi connectivity index (χ2n) is 7.93. The van der Waals surface area contributed by atoms with Crippen molar-refractivity contribution < 1.29 is 9.53 Å². The van der Waals surface area contributed by atoms with Gasteiger partial charge in [-0.2, -0.15) is 9.61 Å². The largest absolute Gasteiger partial charge is 0.378 e. The van der Waals surface area contributed by atoms with Gasteiger partial charge in [-0.15, -0.1) is 21.5 Å². The van der Waals surface area contributed by atoms with Crippen LogP contribution in [0.5, 0.6) is 0 Å². The van der Waals surface area contributed by atoms with Crippen LogP contribution >= 0.6 is 23.1 Å². The molecule has 4 aromatic heterocycles. The summed E-state index contributed by atoms with van der Waals surface area (Å²) in [5.74, 6) is 1.77. The number of rotatable bonds is 3. The Hall–Kier alpha value is -2.24. The molecule has 2 aliphatic rings. The van der Waals surface area contributed by atoms with Crippen LogP contribution < -0.4 is 0 Å². The first-order chi connectivity index (χ1) is 14.7. The van der Waals surface area contributed by atoms with Gasteiger partial charge in [0.1, 0.15) is 11.2 Å². The van der Waals surface area contributed by atoms with E-state index in [9.17, 15) is 4.79 Å². The molecule has 1 saturated heterocycles. The molecule has 0 radical (unpaired) electrons. The zero-order chi connectivity index (χ0) is 20.2. The number of nitrogens with zero attached hydrogens (tertiary/aromatic N) is 7. The number of thiophene rings is 1. The third-order valence-corrected chi connectivity index (χ3v) is 8.12. The lowest BCUT2D eigenvalue weighted by atomic mass is 9.89. The van der Waals surface area contributed by atoms with Crippen LogP contribution in [0.2, 0.25) is 0 Å². The Bertz CT molecular complexity index is 1270. The normalized spacial score (nSPS) is 19.8. The van der Waals surface area contributed by atoms with Crippen molar-refractivity contribution in [1.29, 1.82) is 0 Å². The van der Waals surface area contributed by atoms with Crippen LogP contribution in [0, 0.1) is 5.92 Å². The van der Waals surface area contributed by atoms with Gasteiger partial charge in [-0.25, -0.2) is 9.38 Å². The van der Waals surface area contributed by atoms with Crippen molar-refractivity contribution in [3.63, 3.8) is 0 Å². The van der Waals surface area contributed by atoms with E-state index in [0.717, 1.165) is 33.9 Å². The molecule has 1 amide bonds. The number of ether oxygens (including phenoxy) is 1. The van der Waals surface area contributed by atoms with E-state index >= 15 is 0 Å². The van der Waals surface area contributed by atoms with Crippen molar-refractivity contribution in [3.05, 3.63) is 16.8 Å². The van der Waals surface area contributed by atoms with Gasteiger partial charge >= 0.3 is 0 Å². The van der Waals surface area contributed by atoms with Crippen LogP contribution in [-0.2, 0) is 22.4 Å². The standard InChI is InChI=1S/C19H21N7O2S2/c1-11-2-3-12-13(8-11)30-17-15(12)16-20-10-21-26(16)18-22-23-19(25(17)18)29-9-14(27)24-4-6-28-7-5-24/h10-11H,2-9H2,1H3. The van der Waals surface area contributed by atoms with Gasteiger partial charge in [-0.1, -0.05) is 18.7 Å². The monoisotopic (exact) mass is 443 g/mol. The van der Waals surface area contributed by atoms with Crippen LogP contribution in [0.15, 0.2) is 11.5 Å². The molecule has 0 bridgehead atoms. The molecule has 4 aromatic rings. The number of hydrogen-bond acceptors (Lipinski definition) is 8. The minimum absolute atomic E-state index is 0.109. The van der Waals surface area contributed by atoms with E-state index < -0.39 is 0 Å². The summed E-state index contributed by atoms with van der Waals surface area (Å²) in [6.45, 7) is 4.83. The Morgan fingerprint density at radius 3 is 3.07 bits per heavy atom. The fourth-order valence-electron chi connectivity index (χ4n) is 4.38. The van der Waals surface area contributed by atoms with Gasteiger partial charge in [-0.05, 0) is 30.7 Å². The molecule has 11 heteroatoms. The smallest absolute Gasteiger partial charge is 0.260 e. The highest BCUT2D eigenvalue weighted by molar-refractivity contribution is 7.99. The molecule has 6 rings (SSSR count).